The molecule has 82 valence electrons. The zero-order chi connectivity index (χ0) is 10.7. The van der Waals surface area contributed by atoms with E-state index >= 15 is 0 Å². The van der Waals surface area contributed by atoms with Crippen LogP contribution in [-0.4, -0.2) is 17.5 Å². The van der Waals surface area contributed by atoms with Gasteiger partial charge >= 0.3 is 0 Å². The molecule has 0 saturated carbocycles. The van der Waals surface area contributed by atoms with Crippen molar-refractivity contribution in [2.75, 3.05) is 11.5 Å². The van der Waals surface area contributed by atoms with Crippen LogP contribution in [0.3, 0.4) is 0 Å². The van der Waals surface area contributed by atoms with Gasteiger partial charge in [-0.1, -0.05) is 28.1 Å². The first-order valence-corrected chi connectivity index (χ1v) is 7.30. The van der Waals surface area contributed by atoms with Crippen LogP contribution in [0, 0.1) is 0 Å². The molecule has 3 heteroatoms. The van der Waals surface area contributed by atoms with Crippen LogP contribution in [-0.2, 0) is 0 Å². The minimum absolute atomic E-state index is 0.460. The Morgan fingerprint density at radius 2 is 2.13 bits per heavy atom. The Kier molecular flexibility index (Phi) is 4.12. The van der Waals surface area contributed by atoms with Crippen LogP contribution < -0.4 is 5.32 Å². The third kappa shape index (κ3) is 3.23. The van der Waals surface area contributed by atoms with E-state index in [4.69, 9.17) is 0 Å². The van der Waals surface area contributed by atoms with Crippen LogP contribution in [0.25, 0.3) is 0 Å². The molecule has 1 aromatic rings. The summed E-state index contributed by atoms with van der Waals surface area (Å²) >= 11 is 5.51. The molecular weight excluding hydrogens is 270 g/mol. The van der Waals surface area contributed by atoms with Gasteiger partial charge in [-0.3, -0.25) is 0 Å². The van der Waals surface area contributed by atoms with Gasteiger partial charge in [0.2, 0.25) is 0 Å². The molecule has 1 aliphatic rings. The Bertz CT molecular complexity index is 306. The molecule has 0 aliphatic carbocycles. The Labute approximate surface area is 104 Å². The van der Waals surface area contributed by atoms with Crippen molar-refractivity contribution in [3.05, 3.63) is 34.3 Å². The number of hydrogen-bond donors (Lipinski definition) is 1. The van der Waals surface area contributed by atoms with Crippen LogP contribution in [0.2, 0.25) is 0 Å². The summed E-state index contributed by atoms with van der Waals surface area (Å²) in [4.78, 5) is 0. The fourth-order valence-corrected chi connectivity index (χ4v) is 3.30. The highest BCUT2D eigenvalue weighted by Crippen LogP contribution is 2.22. The predicted molar refractivity (Wildman–Crippen MR) is 71.4 cm³/mol. The molecule has 1 aromatic carbocycles. The second kappa shape index (κ2) is 5.37. The van der Waals surface area contributed by atoms with Crippen molar-refractivity contribution in [3.8, 4) is 0 Å². The van der Waals surface area contributed by atoms with Gasteiger partial charge in [0.25, 0.3) is 0 Å². The second-order valence-corrected chi connectivity index (χ2v) is 6.07. The molecule has 15 heavy (non-hydrogen) atoms. The number of hydrogen-bond acceptors (Lipinski definition) is 2. The molecule has 1 N–H and O–H groups in total. The standard InChI is InChI=1S/C12H16BrNS/c1-9(14-12-6-7-15-8-12)10-2-4-11(13)5-3-10/h2-5,9,12,14H,6-8H2,1H3/t9-,12?/m1/s1. The average molecular weight is 286 g/mol. The van der Waals surface area contributed by atoms with Crippen LogP contribution in [0.1, 0.15) is 24.9 Å². The van der Waals surface area contributed by atoms with E-state index in [1.165, 1.54) is 23.5 Å². The lowest BCUT2D eigenvalue weighted by Gasteiger charge is -2.19. The molecule has 1 fully saturated rings. The van der Waals surface area contributed by atoms with Crippen LogP contribution in [0.15, 0.2) is 28.7 Å². The van der Waals surface area contributed by atoms with Gasteiger partial charge in [-0.25, -0.2) is 0 Å². The largest absolute Gasteiger partial charge is 0.307 e. The monoisotopic (exact) mass is 285 g/mol. The third-order valence-corrected chi connectivity index (χ3v) is 4.48. The van der Waals surface area contributed by atoms with Crippen LogP contribution in [0.4, 0.5) is 0 Å². The quantitative estimate of drug-likeness (QED) is 0.911. The molecule has 1 saturated heterocycles. The molecule has 1 nitrogen and oxygen atoms in total. The smallest absolute Gasteiger partial charge is 0.0294 e. The van der Waals surface area contributed by atoms with Gasteiger partial charge in [0, 0.05) is 22.3 Å². The van der Waals surface area contributed by atoms with Crippen LogP contribution in [0.5, 0.6) is 0 Å². The fraction of sp³-hybridized carbons (Fsp3) is 0.500. The summed E-state index contributed by atoms with van der Waals surface area (Å²) < 4.78 is 1.15. The van der Waals surface area contributed by atoms with Gasteiger partial charge in [-0.2, -0.15) is 11.8 Å². The molecule has 2 rings (SSSR count). The molecule has 0 spiro atoms. The van der Waals surface area contributed by atoms with Crippen molar-refractivity contribution in [1.29, 1.82) is 0 Å². The Morgan fingerprint density at radius 3 is 2.73 bits per heavy atom. The third-order valence-electron chi connectivity index (χ3n) is 2.79. The normalized spacial score (nSPS) is 22.9. The number of thioether (sulfide) groups is 1. The summed E-state index contributed by atoms with van der Waals surface area (Å²) in [5, 5.41) is 3.68. The zero-order valence-corrected chi connectivity index (χ0v) is 11.3. The first kappa shape index (κ1) is 11.5. The van der Waals surface area contributed by atoms with Gasteiger partial charge in [-0.05, 0) is 36.8 Å². The van der Waals surface area contributed by atoms with Crippen molar-refractivity contribution in [1.82, 2.24) is 5.32 Å². The zero-order valence-electron chi connectivity index (χ0n) is 8.87. The summed E-state index contributed by atoms with van der Waals surface area (Å²) in [5.74, 6) is 2.57. The number of rotatable bonds is 3. The molecule has 0 aromatic heterocycles. The highest BCUT2D eigenvalue weighted by molar-refractivity contribution is 9.10. The van der Waals surface area contributed by atoms with Gasteiger partial charge in [0.05, 0.1) is 0 Å². The highest BCUT2D eigenvalue weighted by Gasteiger charge is 2.17. The molecular formula is C12H16BrNS. The maximum Gasteiger partial charge on any atom is 0.0294 e. The maximum absolute atomic E-state index is 3.68. The van der Waals surface area contributed by atoms with Crippen molar-refractivity contribution in [3.63, 3.8) is 0 Å². The number of nitrogens with one attached hydrogen (secondary N) is 1. The SMILES string of the molecule is C[C@@H](NC1CCSC1)c1ccc(Br)cc1. The van der Waals surface area contributed by atoms with Crippen molar-refractivity contribution < 1.29 is 0 Å². The summed E-state index contributed by atoms with van der Waals surface area (Å²) in [6.45, 7) is 2.24. The van der Waals surface area contributed by atoms with Crippen molar-refractivity contribution >= 4 is 27.7 Å². The van der Waals surface area contributed by atoms with E-state index in [9.17, 15) is 0 Å². The lowest BCUT2D eigenvalue weighted by Crippen LogP contribution is -2.31. The molecule has 0 bridgehead atoms. The first-order chi connectivity index (χ1) is 7.25. The minimum Gasteiger partial charge on any atom is -0.307 e. The summed E-state index contributed by atoms with van der Waals surface area (Å²) in [7, 11) is 0. The molecule has 2 atom stereocenters. The summed E-state index contributed by atoms with van der Waals surface area (Å²) in [6.07, 6.45) is 1.31. The highest BCUT2D eigenvalue weighted by atomic mass is 79.9. The predicted octanol–water partition coefficient (Wildman–Crippen LogP) is 3.61. The molecule has 1 unspecified atom stereocenters. The number of halogens is 1. The molecule has 1 heterocycles. The van der Waals surface area contributed by atoms with E-state index in [2.05, 4.69) is 64.2 Å². The topological polar surface area (TPSA) is 12.0 Å². The Morgan fingerprint density at radius 1 is 1.40 bits per heavy atom. The van der Waals surface area contributed by atoms with Gasteiger partial charge in [-0.15, -0.1) is 0 Å². The average Bonchev–Trinajstić information content (AvgIpc) is 2.71. The van der Waals surface area contributed by atoms with E-state index < -0.39 is 0 Å². The summed E-state index contributed by atoms with van der Waals surface area (Å²) in [6, 6.07) is 9.75. The first-order valence-electron chi connectivity index (χ1n) is 5.35. The molecule has 0 amide bonds. The minimum atomic E-state index is 0.460. The van der Waals surface area contributed by atoms with Crippen molar-refractivity contribution in [2.45, 2.75) is 25.4 Å². The Balaban J connectivity index is 1.94. The second-order valence-electron chi connectivity index (χ2n) is 4.00. The van der Waals surface area contributed by atoms with E-state index in [1.807, 2.05) is 0 Å². The maximum atomic E-state index is 3.68. The fourth-order valence-electron chi connectivity index (χ4n) is 1.87. The van der Waals surface area contributed by atoms with Gasteiger partial charge in [0.15, 0.2) is 0 Å². The summed E-state index contributed by atoms with van der Waals surface area (Å²) in [5.41, 5.74) is 1.37. The molecule has 0 radical (unpaired) electrons. The van der Waals surface area contributed by atoms with Gasteiger partial charge in [0.1, 0.15) is 0 Å². The van der Waals surface area contributed by atoms with E-state index in [1.54, 1.807) is 0 Å². The van der Waals surface area contributed by atoms with E-state index in [-0.39, 0.29) is 0 Å². The lowest BCUT2D eigenvalue weighted by molar-refractivity contribution is 0.486. The van der Waals surface area contributed by atoms with E-state index in [0.717, 1.165) is 4.47 Å². The Hall–Kier alpha value is 0.01000. The van der Waals surface area contributed by atoms with E-state index in [0.29, 0.717) is 12.1 Å². The van der Waals surface area contributed by atoms with Gasteiger partial charge < -0.3 is 5.32 Å². The molecule has 1 aliphatic heterocycles. The number of benzene rings is 1. The lowest BCUT2D eigenvalue weighted by atomic mass is 10.1. The van der Waals surface area contributed by atoms with Crippen LogP contribution >= 0.6 is 27.7 Å². The van der Waals surface area contributed by atoms with Crippen molar-refractivity contribution in [2.24, 2.45) is 0 Å².